The summed E-state index contributed by atoms with van der Waals surface area (Å²) < 4.78 is 28.0. The van der Waals surface area contributed by atoms with E-state index in [1.54, 1.807) is 23.3 Å². The number of aryl methyl sites for hydroxylation is 1. The summed E-state index contributed by atoms with van der Waals surface area (Å²) >= 11 is 1.86. The Bertz CT molecular complexity index is 2280. The lowest BCUT2D eigenvalue weighted by Crippen LogP contribution is -2.36. The largest absolute Gasteiger partial charge is 0.370 e. The molecule has 4 aliphatic rings. The number of amides is 2. The van der Waals surface area contributed by atoms with Gasteiger partial charge in [-0.15, -0.1) is 11.3 Å². The van der Waals surface area contributed by atoms with Crippen molar-refractivity contribution in [1.29, 1.82) is 0 Å². The number of carbonyl (C=O) groups excluding carboxylic acids is 2. The van der Waals surface area contributed by atoms with Crippen LogP contribution in [0.5, 0.6) is 0 Å². The number of hydrogen-bond donors (Lipinski definition) is 1. The van der Waals surface area contributed by atoms with Crippen molar-refractivity contribution in [3.8, 4) is 21.6 Å². The van der Waals surface area contributed by atoms with E-state index >= 15 is 0 Å². The first-order valence-corrected chi connectivity index (χ1v) is 21.4. The van der Waals surface area contributed by atoms with Crippen LogP contribution in [0.15, 0.2) is 103 Å². The van der Waals surface area contributed by atoms with Crippen molar-refractivity contribution >= 4 is 50.7 Å². The molecule has 0 radical (unpaired) electrons. The maximum atomic E-state index is 12.7. The fourth-order valence-electron chi connectivity index (χ4n) is 7.48. The van der Waals surface area contributed by atoms with E-state index in [9.17, 15) is 18.0 Å². The van der Waals surface area contributed by atoms with E-state index in [1.807, 2.05) is 24.3 Å². The summed E-state index contributed by atoms with van der Waals surface area (Å²) in [6.07, 6.45) is 17.2. The molecule has 8 nitrogen and oxygen atoms in total. The smallest absolute Gasteiger partial charge is 0.270 e. The third-order valence-corrected chi connectivity index (χ3v) is 13.3. The normalized spacial score (nSPS) is 19.3. The molecule has 3 aromatic carbocycles. The first-order valence-electron chi connectivity index (χ1n) is 19.0. The zero-order valence-electron chi connectivity index (χ0n) is 31.0. The molecule has 0 spiro atoms. The summed E-state index contributed by atoms with van der Waals surface area (Å²) in [7, 11) is -3.29. The summed E-state index contributed by atoms with van der Waals surface area (Å²) in [5.41, 5.74) is 17.3. The molecule has 2 unspecified atom stereocenters. The number of likely N-dealkylation sites (N-methyl/N-ethyl adjacent to an activating group) is 1. The van der Waals surface area contributed by atoms with Gasteiger partial charge in [-0.05, 0) is 114 Å². The highest BCUT2D eigenvalue weighted by molar-refractivity contribution is 7.95. The van der Waals surface area contributed by atoms with Crippen molar-refractivity contribution in [3.05, 3.63) is 135 Å². The fraction of sp³-hybridized carbons (Fsp3) is 0.289. The summed E-state index contributed by atoms with van der Waals surface area (Å²) in [6, 6.07) is 26.5. The highest BCUT2D eigenvalue weighted by atomic mass is 32.2. The predicted octanol–water partition coefficient (Wildman–Crippen LogP) is 8.72. The number of ether oxygens (including phenoxy) is 1. The number of hydrogen-bond acceptors (Lipinski definition) is 7. The standard InChI is InChI=1S/C38H37NO3S.C7H9NO3S/c1-2-39(42-38-9-5-6-24-41-38)37(40)23-12-26-10-13-28(14-11-26)35-21-22-36(43-35)30-17-18-32-29(25-30)16-20-33-31-8-4-3-7-27(31)15-19-34(32)33;8-7(9)5-6-3-1-2-4-12(6,10)11/h3-4,7-8,10-14,16,20-23,25,38H,2,5-6,9,15,17-19,24H2,1H3;1-4,6H,5H2,(H2,8,9). The van der Waals surface area contributed by atoms with Crippen LogP contribution in [0.25, 0.3) is 39.3 Å². The van der Waals surface area contributed by atoms with Crippen LogP contribution in [0.4, 0.5) is 0 Å². The van der Waals surface area contributed by atoms with Gasteiger partial charge in [-0.25, -0.2) is 18.3 Å². The molecule has 1 aromatic heterocycles. The second kappa shape index (κ2) is 17.3. The Morgan fingerprint density at radius 2 is 1.71 bits per heavy atom. The zero-order chi connectivity index (χ0) is 38.4. The molecule has 8 rings (SSSR count). The molecular weight excluding hydrogens is 729 g/mol. The first kappa shape index (κ1) is 38.4. The molecule has 10 heteroatoms. The van der Waals surface area contributed by atoms with Crippen LogP contribution in [0.1, 0.15) is 71.7 Å². The Morgan fingerprint density at radius 3 is 2.47 bits per heavy atom. The highest BCUT2D eigenvalue weighted by Crippen LogP contribution is 2.42. The number of hydroxylamine groups is 2. The van der Waals surface area contributed by atoms with E-state index in [0.717, 1.165) is 55.9 Å². The van der Waals surface area contributed by atoms with Gasteiger partial charge in [0.1, 0.15) is 0 Å². The Balaban J connectivity index is 0.000000333. The van der Waals surface area contributed by atoms with Crippen LogP contribution < -0.4 is 5.73 Å². The molecule has 2 atom stereocenters. The summed E-state index contributed by atoms with van der Waals surface area (Å²) in [5, 5.41) is 1.70. The van der Waals surface area contributed by atoms with Crippen molar-refractivity contribution in [2.24, 2.45) is 5.73 Å². The highest BCUT2D eigenvalue weighted by Gasteiger charge is 2.25. The van der Waals surface area contributed by atoms with Gasteiger partial charge in [-0.3, -0.25) is 9.59 Å². The molecule has 55 heavy (non-hydrogen) atoms. The molecule has 284 valence electrons. The summed E-state index contributed by atoms with van der Waals surface area (Å²) in [4.78, 5) is 31.6. The van der Waals surface area contributed by atoms with Crippen LogP contribution >= 0.6 is 11.3 Å². The van der Waals surface area contributed by atoms with E-state index in [0.29, 0.717) is 13.2 Å². The van der Waals surface area contributed by atoms with Gasteiger partial charge < -0.3 is 10.5 Å². The van der Waals surface area contributed by atoms with Gasteiger partial charge in [0, 0.05) is 47.2 Å². The number of thiophene rings is 1. The van der Waals surface area contributed by atoms with Gasteiger partial charge in [0.05, 0.1) is 5.25 Å². The Labute approximate surface area is 327 Å². The third-order valence-electron chi connectivity index (χ3n) is 10.4. The van der Waals surface area contributed by atoms with E-state index in [2.05, 4.69) is 78.9 Å². The fourth-order valence-corrected chi connectivity index (χ4v) is 9.76. The molecule has 2 N–H and O–H groups in total. The predicted molar refractivity (Wildman–Crippen MR) is 221 cm³/mol. The van der Waals surface area contributed by atoms with Crippen molar-refractivity contribution in [2.75, 3.05) is 13.2 Å². The van der Waals surface area contributed by atoms with E-state index in [-0.39, 0.29) is 18.6 Å². The van der Waals surface area contributed by atoms with Gasteiger partial charge in [0.25, 0.3) is 5.91 Å². The van der Waals surface area contributed by atoms with Crippen LogP contribution in [0.3, 0.4) is 0 Å². The molecule has 4 aromatic rings. The zero-order valence-corrected chi connectivity index (χ0v) is 32.6. The maximum Gasteiger partial charge on any atom is 0.270 e. The van der Waals surface area contributed by atoms with Crippen LogP contribution in [0.2, 0.25) is 0 Å². The Kier molecular flexibility index (Phi) is 12.1. The molecule has 2 aliphatic carbocycles. The van der Waals surface area contributed by atoms with Crippen molar-refractivity contribution in [3.63, 3.8) is 0 Å². The van der Waals surface area contributed by atoms with Gasteiger partial charge in [-0.1, -0.05) is 85.0 Å². The van der Waals surface area contributed by atoms with E-state index in [4.69, 9.17) is 15.3 Å². The monoisotopic (exact) mass is 774 g/mol. The minimum atomic E-state index is -3.29. The van der Waals surface area contributed by atoms with Crippen LogP contribution in [0, 0.1) is 0 Å². The molecule has 1 fully saturated rings. The SMILES string of the molecule is CCN(OC1CCCCO1)C(=O)C=Cc1ccc(-c2ccc(C3=Cc4ccc5c(c4CC3)CCc3ccccc3-5)s2)cc1.NC(=O)CC1C=CC=CS1(=O)=O. The molecule has 2 amide bonds. The van der Waals surface area contributed by atoms with Crippen LogP contribution in [-0.2, 0) is 48.3 Å². The minimum absolute atomic E-state index is 0.150. The number of carbonyl (C=O) groups is 2. The topological polar surface area (TPSA) is 116 Å². The number of benzene rings is 3. The summed E-state index contributed by atoms with van der Waals surface area (Å²) in [6.45, 7) is 3.07. The second-order valence-corrected chi connectivity index (χ2v) is 17.2. The average Bonchev–Trinajstić information content (AvgIpc) is 3.71. The number of primary amides is 1. The lowest BCUT2D eigenvalue weighted by molar-refractivity contribution is -0.276. The maximum absolute atomic E-state index is 12.7. The molecule has 2 aliphatic heterocycles. The third kappa shape index (κ3) is 9.16. The Morgan fingerprint density at radius 1 is 0.909 bits per heavy atom. The van der Waals surface area contributed by atoms with Crippen molar-refractivity contribution in [1.82, 2.24) is 5.06 Å². The molecule has 3 heterocycles. The molecule has 0 saturated carbocycles. The van der Waals surface area contributed by atoms with Crippen molar-refractivity contribution in [2.45, 2.75) is 69.8 Å². The van der Waals surface area contributed by atoms with Gasteiger partial charge in [0.15, 0.2) is 16.1 Å². The van der Waals surface area contributed by atoms with E-state index < -0.39 is 21.0 Å². The number of fused-ring (bicyclic) bond motifs is 5. The number of allylic oxidation sites excluding steroid dienone is 3. The number of nitrogens with two attached hydrogens (primary N) is 1. The molecule has 0 bridgehead atoms. The average molecular weight is 775 g/mol. The van der Waals surface area contributed by atoms with Crippen LogP contribution in [-0.4, -0.2) is 50.0 Å². The van der Waals surface area contributed by atoms with Gasteiger partial charge in [0.2, 0.25) is 5.91 Å². The van der Waals surface area contributed by atoms with E-state index in [1.165, 1.54) is 60.4 Å². The molecular formula is C45H46N2O6S2. The van der Waals surface area contributed by atoms with Gasteiger partial charge >= 0.3 is 0 Å². The quantitative estimate of drug-likeness (QED) is 0.134. The van der Waals surface area contributed by atoms with Crippen molar-refractivity contribution < 1.29 is 27.6 Å². The number of sulfone groups is 1. The minimum Gasteiger partial charge on any atom is -0.370 e. The number of nitrogens with zero attached hydrogens (tertiary/aromatic N) is 1. The second-order valence-electron chi connectivity index (χ2n) is 14.1. The number of rotatable bonds is 9. The molecule has 1 saturated heterocycles. The first-order chi connectivity index (χ1) is 26.7. The summed E-state index contributed by atoms with van der Waals surface area (Å²) in [5.74, 6) is -0.778. The lowest BCUT2D eigenvalue weighted by Gasteiger charge is -2.28. The van der Waals surface area contributed by atoms with Gasteiger partial charge in [-0.2, -0.15) is 0 Å². The Hall–Kier alpha value is -4.87. The lowest BCUT2D eigenvalue weighted by atomic mass is 9.78.